The fourth-order valence-electron chi connectivity index (χ4n) is 2.71. The topological polar surface area (TPSA) is 47.7 Å². The highest BCUT2D eigenvalue weighted by molar-refractivity contribution is 4.80. The Hall–Kier alpha value is -0.160. The van der Waals surface area contributed by atoms with Gasteiger partial charge in [0.05, 0.1) is 13.2 Å². The molecule has 0 aromatic rings. The van der Waals surface area contributed by atoms with Gasteiger partial charge in [0.2, 0.25) is 0 Å². The molecule has 4 nitrogen and oxygen atoms in total. The molecule has 2 aliphatic rings. The summed E-state index contributed by atoms with van der Waals surface area (Å²) in [7, 11) is 2.16. The first-order valence-corrected chi connectivity index (χ1v) is 7.37. The molecule has 1 heterocycles. The Morgan fingerprint density at radius 2 is 2.22 bits per heavy atom. The van der Waals surface area contributed by atoms with Crippen LogP contribution in [-0.2, 0) is 9.47 Å². The lowest BCUT2D eigenvalue weighted by Gasteiger charge is -2.35. The Labute approximate surface area is 111 Å². The molecule has 2 atom stereocenters. The van der Waals surface area contributed by atoms with Gasteiger partial charge in [0.15, 0.2) is 0 Å². The average molecular weight is 256 g/mol. The lowest BCUT2D eigenvalue weighted by atomic mass is 9.93. The van der Waals surface area contributed by atoms with Crippen LogP contribution in [0.15, 0.2) is 0 Å². The van der Waals surface area contributed by atoms with E-state index in [-0.39, 0.29) is 0 Å². The van der Waals surface area contributed by atoms with Crippen molar-refractivity contribution in [3.8, 4) is 0 Å². The summed E-state index contributed by atoms with van der Waals surface area (Å²) in [4.78, 5) is 2.35. The second-order valence-electron chi connectivity index (χ2n) is 5.78. The molecule has 0 bridgehead atoms. The molecule has 2 N–H and O–H groups in total. The van der Waals surface area contributed by atoms with Crippen molar-refractivity contribution in [1.82, 2.24) is 4.90 Å². The van der Waals surface area contributed by atoms with E-state index in [9.17, 15) is 0 Å². The maximum Gasteiger partial charge on any atom is 0.0593 e. The van der Waals surface area contributed by atoms with Crippen LogP contribution in [0, 0.1) is 11.8 Å². The Bertz CT molecular complexity index is 228. The van der Waals surface area contributed by atoms with Crippen molar-refractivity contribution in [2.24, 2.45) is 17.6 Å². The third-order valence-corrected chi connectivity index (χ3v) is 4.19. The molecular formula is C14H28N2O2. The van der Waals surface area contributed by atoms with Gasteiger partial charge in [-0.2, -0.15) is 0 Å². The number of ether oxygens (including phenoxy) is 2. The van der Waals surface area contributed by atoms with Gasteiger partial charge in [0, 0.05) is 32.3 Å². The molecule has 1 saturated carbocycles. The third-order valence-electron chi connectivity index (χ3n) is 4.19. The second kappa shape index (κ2) is 7.43. The van der Waals surface area contributed by atoms with E-state index in [1.54, 1.807) is 0 Å². The second-order valence-corrected chi connectivity index (χ2v) is 5.78. The molecule has 0 aromatic heterocycles. The summed E-state index contributed by atoms with van der Waals surface area (Å²) in [5, 5.41) is 0. The molecule has 0 spiro atoms. The van der Waals surface area contributed by atoms with Crippen molar-refractivity contribution in [3.05, 3.63) is 0 Å². The van der Waals surface area contributed by atoms with Crippen LogP contribution in [0.2, 0.25) is 0 Å². The number of rotatable bonds is 8. The van der Waals surface area contributed by atoms with Gasteiger partial charge in [0.25, 0.3) is 0 Å². The lowest BCUT2D eigenvalue weighted by Crippen LogP contribution is -2.47. The number of nitrogens with two attached hydrogens (primary N) is 1. The molecule has 106 valence electrons. The van der Waals surface area contributed by atoms with E-state index in [4.69, 9.17) is 15.2 Å². The summed E-state index contributed by atoms with van der Waals surface area (Å²) >= 11 is 0. The summed E-state index contributed by atoms with van der Waals surface area (Å²) in [5.74, 6) is 1.45. The van der Waals surface area contributed by atoms with Gasteiger partial charge in [-0.15, -0.1) is 0 Å². The fourth-order valence-corrected chi connectivity index (χ4v) is 2.71. The van der Waals surface area contributed by atoms with Gasteiger partial charge in [-0.05, 0) is 44.6 Å². The quantitative estimate of drug-likeness (QED) is 0.661. The van der Waals surface area contributed by atoms with Crippen LogP contribution in [0.3, 0.4) is 0 Å². The van der Waals surface area contributed by atoms with Gasteiger partial charge < -0.3 is 15.2 Å². The van der Waals surface area contributed by atoms with Crippen LogP contribution < -0.4 is 5.73 Å². The fraction of sp³-hybridized carbons (Fsp3) is 1.00. The smallest absolute Gasteiger partial charge is 0.0593 e. The van der Waals surface area contributed by atoms with E-state index in [2.05, 4.69) is 11.9 Å². The van der Waals surface area contributed by atoms with Crippen LogP contribution in [0.1, 0.15) is 25.7 Å². The predicted molar refractivity (Wildman–Crippen MR) is 72.6 cm³/mol. The molecule has 0 radical (unpaired) electrons. The van der Waals surface area contributed by atoms with E-state index in [1.807, 2.05) is 0 Å². The summed E-state index contributed by atoms with van der Waals surface area (Å²) < 4.78 is 11.3. The Balaban J connectivity index is 1.64. The maximum atomic E-state index is 5.93. The van der Waals surface area contributed by atoms with E-state index in [0.29, 0.717) is 18.5 Å². The summed E-state index contributed by atoms with van der Waals surface area (Å²) in [5.41, 5.74) is 5.93. The minimum Gasteiger partial charge on any atom is -0.381 e. The molecule has 2 unspecified atom stereocenters. The first kappa shape index (κ1) is 14.3. The van der Waals surface area contributed by atoms with Crippen molar-refractivity contribution in [2.45, 2.75) is 31.7 Å². The molecule has 1 aliphatic carbocycles. The zero-order chi connectivity index (χ0) is 12.8. The molecule has 0 amide bonds. The van der Waals surface area contributed by atoms with Crippen molar-refractivity contribution >= 4 is 0 Å². The molecule has 0 aromatic carbocycles. The minimum absolute atomic E-state index is 0.440. The third kappa shape index (κ3) is 4.50. The van der Waals surface area contributed by atoms with Gasteiger partial charge in [-0.3, -0.25) is 4.90 Å². The van der Waals surface area contributed by atoms with Crippen molar-refractivity contribution in [1.29, 1.82) is 0 Å². The van der Waals surface area contributed by atoms with Crippen LogP contribution in [0.25, 0.3) is 0 Å². The first-order chi connectivity index (χ1) is 8.81. The van der Waals surface area contributed by atoms with E-state index in [0.717, 1.165) is 38.9 Å². The first-order valence-electron chi connectivity index (χ1n) is 7.37. The van der Waals surface area contributed by atoms with Gasteiger partial charge in [-0.1, -0.05) is 0 Å². The highest BCUT2D eigenvalue weighted by atomic mass is 16.5. The SMILES string of the molecule is CN(CCOCC1CC1)C(CN)C1CCCOC1. The van der Waals surface area contributed by atoms with Gasteiger partial charge in [0.1, 0.15) is 0 Å². The highest BCUT2D eigenvalue weighted by Gasteiger charge is 2.26. The van der Waals surface area contributed by atoms with Crippen LogP contribution in [0.4, 0.5) is 0 Å². The average Bonchev–Trinajstić information content (AvgIpc) is 3.21. The molecule has 18 heavy (non-hydrogen) atoms. The summed E-state index contributed by atoms with van der Waals surface area (Å²) in [6.45, 7) is 5.26. The summed E-state index contributed by atoms with van der Waals surface area (Å²) in [6.07, 6.45) is 5.14. The highest BCUT2D eigenvalue weighted by Crippen LogP contribution is 2.28. The number of nitrogens with zero attached hydrogens (tertiary/aromatic N) is 1. The zero-order valence-corrected chi connectivity index (χ0v) is 11.6. The molecule has 1 saturated heterocycles. The van der Waals surface area contributed by atoms with Crippen LogP contribution in [-0.4, -0.2) is 57.5 Å². The van der Waals surface area contributed by atoms with Crippen molar-refractivity contribution in [3.63, 3.8) is 0 Å². The van der Waals surface area contributed by atoms with Crippen LogP contribution >= 0.6 is 0 Å². The Morgan fingerprint density at radius 1 is 1.39 bits per heavy atom. The molecular weight excluding hydrogens is 228 g/mol. The lowest BCUT2D eigenvalue weighted by molar-refractivity contribution is 0.00934. The van der Waals surface area contributed by atoms with E-state index in [1.165, 1.54) is 25.7 Å². The molecule has 1 aliphatic heterocycles. The van der Waals surface area contributed by atoms with Gasteiger partial charge >= 0.3 is 0 Å². The van der Waals surface area contributed by atoms with Crippen molar-refractivity contribution < 1.29 is 9.47 Å². The predicted octanol–water partition coefficient (Wildman–Crippen LogP) is 1.10. The van der Waals surface area contributed by atoms with Crippen LogP contribution in [0.5, 0.6) is 0 Å². The van der Waals surface area contributed by atoms with Gasteiger partial charge in [-0.25, -0.2) is 0 Å². The Morgan fingerprint density at radius 3 is 2.83 bits per heavy atom. The van der Waals surface area contributed by atoms with E-state index >= 15 is 0 Å². The minimum atomic E-state index is 0.440. The largest absolute Gasteiger partial charge is 0.381 e. The van der Waals surface area contributed by atoms with Crippen molar-refractivity contribution in [2.75, 3.05) is 46.6 Å². The zero-order valence-electron chi connectivity index (χ0n) is 11.6. The molecule has 2 rings (SSSR count). The maximum absolute atomic E-state index is 5.93. The summed E-state index contributed by atoms with van der Waals surface area (Å²) in [6, 6.07) is 0.440. The standard InChI is InChI=1S/C14H28N2O2/c1-16(6-8-18-10-12-4-5-12)14(9-15)13-3-2-7-17-11-13/h12-14H,2-11,15H2,1H3. The number of hydrogen-bond acceptors (Lipinski definition) is 4. The monoisotopic (exact) mass is 256 g/mol. The molecule has 4 heteroatoms. The number of likely N-dealkylation sites (N-methyl/N-ethyl adjacent to an activating group) is 1. The number of hydrogen-bond donors (Lipinski definition) is 1. The normalized spacial score (nSPS) is 26.5. The molecule has 2 fully saturated rings. The van der Waals surface area contributed by atoms with E-state index < -0.39 is 0 Å². The Kier molecular flexibility index (Phi) is 5.89.